The van der Waals surface area contributed by atoms with E-state index in [4.69, 9.17) is 4.74 Å². The molecule has 1 aromatic rings. The molecule has 1 aliphatic rings. The Morgan fingerprint density at radius 2 is 1.72 bits per heavy atom. The standard InChI is InChI=1S/C20H29FN2O5S/c1-4-23(5-2)29(26,27)16-10-11-18(21)17(14-16)20(25)28-15(3)19(24)22-12-8-6-7-9-13-22/h10-11,14-15H,4-9,12-13H2,1-3H3/t15-/m1/s1. The van der Waals surface area contributed by atoms with Gasteiger partial charge in [-0.3, -0.25) is 4.79 Å². The van der Waals surface area contributed by atoms with Gasteiger partial charge in [-0.25, -0.2) is 17.6 Å². The van der Waals surface area contributed by atoms with Crippen molar-refractivity contribution < 1.29 is 27.1 Å². The summed E-state index contributed by atoms with van der Waals surface area (Å²) in [7, 11) is -3.86. The van der Waals surface area contributed by atoms with Crippen LogP contribution in [0.3, 0.4) is 0 Å². The van der Waals surface area contributed by atoms with E-state index >= 15 is 0 Å². The lowest BCUT2D eigenvalue weighted by Crippen LogP contribution is -2.40. The smallest absolute Gasteiger partial charge is 0.341 e. The molecular weight excluding hydrogens is 399 g/mol. The first-order chi connectivity index (χ1) is 13.7. The molecule has 1 amide bonds. The van der Waals surface area contributed by atoms with E-state index < -0.39 is 33.5 Å². The number of halogens is 1. The monoisotopic (exact) mass is 428 g/mol. The summed E-state index contributed by atoms with van der Waals surface area (Å²) < 4.78 is 45.9. The van der Waals surface area contributed by atoms with Gasteiger partial charge in [-0.1, -0.05) is 26.7 Å². The van der Waals surface area contributed by atoms with Crippen molar-refractivity contribution >= 4 is 21.9 Å². The van der Waals surface area contributed by atoms with Crippen LogP contribution in [0, 0.1) is 5.82 Å². The van der Waals surface area contributed by atoms with Crippen molar-refractivity contribution in [1.29, 1.82) is 0 Å². The van der Waals surface area contributed by atoms with Gasteiger partial charge in [0.15, 0.2) is 6.10 Å². The summed E-state index contributed by atoms with van der Waals surface area (Å²) in [6.45, 7) is 6.53. The number of benzene rings is 1. The van der Waals surface area contributed by atoms with Gasteiger partial charge in [-0.05, 0) is 38.0 Å². The molecule has 7 nitrogen and oxygen atoms in total. The molecule has 2 rings (SSSR count). The highest BCUT2D eigenvalue weighted by atomic mass is 32.2. The topological polar surface area (TPSA) is 84.0 Å². The van der Waals surface area contributed by atoms with Gasteiger partial charge < -0.3 is 9.64 Å². The molecule has 162 valence electrons. The quantitative estimate of drug-likeness (QED) is 0.624. The Kier molecular flexibility index (Phi) is 8.15. The van der Waals surface area contributed by atoms with Crippen LogP contribution >= 0.6 is 0 Å². The van der Waals surface area contributed by atoms with Gasteiger partial charge in [0, 0.05) is 26.2 Å². The van der Waals surface area contributed by atoms with Gasteiger partial charge in [0.25, 0.3) is 5.91 Å². The van der Waals surface area contributed by atoms with Crippen LogP contribution in [0.5, 0.6) is 0 Å². The fourth-order valence-corrected chi connectivity index (χ4v) is 4.84. The van der Waals surface area contributed by atoms with E-state index in [0.717, 1.165) is 43.9 Å². The zero-order valence-corrected chi connectivity index (χ0v) is 18.0. The number of ether oxygens (including phenoxy) is 1. The van der Waals surface area contributed by atoms with E-state index in [1.807, 2.05) is 0 Å². The number of carbonyl (C=O) groups excluding carboxylic acids is 2. The zero-order valence-electron chi connectivity index (χ0n) is 17.2. The molecule has 0 aromatic heterocycles. The van der Waals surface area contributed by atoms with E-state index in [9.17, 15) is 22.4 Å². The second kappa shape index (κ2) is 10.2. The Bertz CT molecular complexity index is 831. The number of amides is 1. The van der Waals surface area contributed by atoms with Gasteiger partial charge in [0.05, 0.1) is 10.5 Å². The molecule has 0 saturated carbocycles. The van der Waals surface area contributed by atoms with Crippen molar-refractivity contribution in [3.63, 3.8) is 0 Å². The minimum atomic E-state index is -3.86. The van der Waals surface area contributed by atoms with Crippen molar-refractivity contribution in [2.24, 2.45) is 0 Å². The predicted molar refractivity (Wildman–Crippen MR) is 106 cm³/mol. The predicted octanol–water partition coefficient (Wildman–Crippen LogP) is 2.80. The maximum Gasteiger partial charge on any atom is 0.341 e. The van der Waals surface area contributed by atoms with Gasteiger partial charge in [0.1, 0.15) is 5.82 Å². The molecule has 0 unspecified atom stereocenters. The van der Waals surface area contributed by atoms with E-state index in [2.05, 4.69) is 0 Å². The third-order valence-corrected chi connectivity index (χ3v) is 7.10. The molecule has 1 atom stereocenters. The van der Waals surface area contributed by atoms with Crippen LogP contribution in [0.1, 0.15) is 56.8 Å². The molecule has 0 aliphatic carbocycles. The number of nitrogens with zero attached hydrogens (tertiary/aromatic N) is 2. The highest BCUT2D eigenvalue weighted by Gasteiger charge is 2.28. The molecule has 0 bridgehead atoms. The van der Waals surface area contributed by atoms with Crippen LogP contribution in [0.4, 0.5) is 4.39 Å². The van der Waals surface area contributed by atoms with Crippen molar-refractivity contribution in [1.82, 2.24) is 9.21 Å². The molecule has 1 aromatic carbocycles. The molecule has 0 radical (unpaired) electrons. The first kappa shape index (κ1) is 23.3. The third-order valence-electron chi connectivity index (χ3n) is 5.05. The minimum absolute atomic E-state index is 0.193. The second-order valence-electron chi connectivity index (χ2n) is 7.02. The fourth-order valence-electron chi connectivity index (χ4n) is 3.36. The third kappa shape index (κ3) is 5.54. The van der Waals surface area contributed by atoms with Crippen molar-refractivity contribution in [2.45, 2.75) is 57.5 Å². The van der Waals surface area contributed by atoms with E-state index in [-0.39, 0.29) is 23.9 Å². The number of hydrogen-bond donors (Lipinski definition) is 0. The summed E-state index contributed by atoms with van der Waals surface area (Å²) in [5.41, 5.74) is -0.506. The summed E-state index contributed by atoms with van der Waals surface area (Å²) in [5.74, 6) is -2.29. The van der Waals surface area contributed by atoms with Crippen LogP contribution in [0.2, 0.25) is 0 Å². The van der Waals surface area contributed by atoms with Gasteiger partial charge in [-0.15, -0.1) is 0 Å². The average Bonchev–Trinajstić information content (AvgIpc) is 2.97. The Morgan fingerprint density at radius 1 is 1.14 bits per heavy atom. The summed E-state index contributed by atoms with van der Waals surface area (Å²) in [4.78, 5) is 26.5. The first-order valence-corrected chi connectivity index (χ1v) is 11.5. The maximum atomic E-state index is 14.2. The molecule has 1 fully saturated rings. The minimum Gasteiger partial charge on any atom is -0.449 e. The first-order valence-electron chi connectivity index (χ1n) is 10.0. The fraction of sp³-hybridized carbons (Fsp3) is 0.600. The lowest BCUT2D eigenvalue weighted by Gasteiger charge is -2.24. The lowest BCUT2D eigenvalue weighted by atomic mass is 10.2. The molecule has 29 heavy (non-hydrogen) atoms. The number of esters is 1. The average molecular weight is 429 g/mol. The lowest BCUT2D eigenvalue weighted by molar-refractivity contribution is -0.139. The molecular formula is C20H29FN2O5S. The summed E-state index contributed by atoms with van der Waals surface area (Å²) in [5, 5.41) is 0. The largest absolute Gasteiger partial charge is 0.449 e. The van der Waals surface area contributed by atoms with Crippen LogP contribution in [0.15, 0.2) is 23.1 Å². The molecule has 1 saturated heterocycles. The normalized spacial score (nSPS) is 16.4. The van der Waals surface area contributed by atoms with Crippen LogP contribution in [-0.4, -0.2) is 61.8 Å². The Labute approximate surface area is 171 Å². The summed E-state index contributed by atoms with van der Waals surface area (Å²) >= 11 is 0. The van der Waals surface area contributed by atoms with Gasteiger partial charge >= 0.3 is 5.97 Å². The van der Waals surface area contributed by atoms with Crippen LogP contribution in [0.25, 0.3) is 0 Å². The molecule has 1 aliphatic heterocycles. The van der Waals surface area contributed by atoms with Crippen molar-refractivity contribution in [3.8, 4) is 0 Å². The van der Waals surface area contributed by atoms with Crippen molar-refractivity contribution in [3.05, 3.63) is 29.6 Å². The Balaban J connectivity index is 2.19. The molecule has 9 heteroatoms. The molecule has 0 spiro atoms. The number of rotatable bonds is 7. The number of likely N-dealkylation sites (tertiary alicyclic amines) is 1. The highest BCUT2D eigenvalue weighted by Crippen LogP contribution is 2.21. The van der Waals surface area contributed by atoms with E-state index in [1.165, 1.54) is 11.2 Å². The van der Waals surface area contributed by atoms with Gasteiger partial charge in [0.2, 0.25) is 10.0 Å². The number of sulfonamides is 1. The maximum absolute atomic E-state index is 14.2. The van der Waals surface area contributed by atoms with Crippen molar-refractivity contribution in [2.75, 3.05) is 26.2 Å². The SMILES string of the molecule is CCN(CC)S(=O)(=O)c1ccc(F)c(C(=O)O[C@H](C)C(=O)N2CCCCCC2)c1. The Morgan fingerprint density at radius 3 is 2.28 bits per heavy atom. The summed E-state index contributed by atoms with van der Waals surface area (Å²) in [6.07, 6.45) is 2.81. The van der Waals surface area contributed by atoms with E-state index in [0.29, 0.717) is 13.1 Å². The van der Waals surface area contributed by atoms with Crippen LogP contribution < -0.4 is 0 Å². The molecule has 0 N–H and O–H groups in total. The molecule has 1 heterocycles. The van der Waals surface area contributed by atoms with E-state index in [1.54, 1.807) is 18.7 Å². The second-order valence-corrected chi connectivity index (χ2v) is 8.96. The number of hydrogen-bond acceptors (Lipinski definition) is 5. The highest BCUT2D eigenvalue weighted by molar-refractivity contribution is 7.89. The van der Waals surface area contributed by atoms with Crippen LogP contribution in [-0.2, 0) is 19.6 Å². The summed E-state index contributed by atoms with van der Waals surface area (Å²) in [6, 6.07) is 3.01. The zero-order chi connectivity index (χ0) is 21.6. The Hall–Kier alpha value is -2.00. The number of carbonyl (C=O) groups is 2. The van der Waals surface area contributed by atoms with Gasteiger partial charge in [-0.2, -0.15) is 4.31 Å².